The van der Waals surface area contributed by atoms with Crippen LogP contribution in [0.2, 0.25) is 0 Å². The molecule has 0 aliphatic rings. The normalized spacial score (nSPS) is 12.6. The molecular weight excluding hydrogens is 408 g/mol. The Morgan fingerprint density at radius 1 is 1.12 bits per heavy atom. The van der Waals surface area contributed by atoms with Gasteiger partial charge >= 0.3 is 0 Å². The van der Waals surface area contributed by atoms with E-state index in [4.69, 9.17) is 13.9 Å². The van der Waals surface area contributed by atoms with Crippen LogP contribution in [0.25, 0.3) is 21.9 Å². The number of furan rings is 1. The van der Waals surface area contributed by atoms with Gasteiger partial charge in [0.2, 0.25) is 0 Å². The largest absolute Gasteiger partial charge is 0.493 e. The number of fused-ring (bicyclic) bond motifs is 2. The van der Waals surface area contributed by atoms with Gasteiger partial charge in [-0.3, -0.25) is 0 Å². The van der Waals surface area contributed by atoms with Gasteiger partial charge in [-0.15, -0.1) is 0 Å². The SMILES string of the molecule is COc1cc2c(Nc3cccc4occc34)ncnc2cc1OCC(O)CN(C)C(C)C. The summed E-state index contributed by atoms with van der Waals surface area (Å²) in [5.74, 6) is 1.71. The molecule has 0 spiro atoms. The molecule has 8 nitrogen and oxygen atoms in total. The standard InChI is InChI=1S/C24H28N4O4/c1-15(2)28(3)12-16(29)13-32-23-11-20-18(10-22(23)30-4)24(26-14-25-20)27-19-6-5-7-21-17(19)8-9-31-21/h5-11,14-16,29H,12-13H2,1-4H3,(H,25,26,27). The number of hydrogen-bond donors (Lipinski definition) is 2. The van der Waals surface area contributed by atoms with E-state index in [9.17, 15) is 5.11 Å². The lowest BCUT2D eigenvalue weighted by Gasteiger charge is -2.24. The summed E-state index contributed by atoms with van der Waals surface area (Å²) in [5, 5.41) is 15.5. The monoisotopic (exact) mass is 436 g/mol. The average molecular weight is 437 g/mol. The summed E-state index contributed by atoms with van der Waals surface area (Å²) in [6.45, 7) is 4.83. The molecule has 0 radical (unpaired) electrons. The molecule has 0 saturated carbocycles. The van der Waals surface area contributed by atoms with E-state index in [-0.39, 0.29) is 6.61 Å². The van der Waals surface area contributed by atoms with Crippen molar-refractivity contribution in [2.75, 3.05) is 32.6 Å². The number of anilines is 2. The summed E-state index contributed by atoms with van der Waals surface area (Å²) in [6.07, 6.45) is 2.54. The average Bonchev–Trinajstić information content (AvgIpc) is 3.27. The number of methoxy groups -OCH3 is 1. The van der Waals surface area contributed by atoms with E-state index in [2.05, 4.69) is 34.0 Å². The summed E-state index contributed by atoms with van der Waals surface area (Å²) >= 11 is 0. The Morgan fingerprint density at radius 3 is 2.75 bits per heavy atom. The number of nitrogens with one attached hydrogen (secondary N) is 1. The second kappa shape index (κ2) is 9.42. The minimum Gasteiger partial charge on any atom is -0.493 e. The highest BCUT2D eigenvalue weighted by atomic mass is 16.5. The van der Waals surface area contributed by atoms with Gasteiger partial charge in [-0.2, -0.15) is 0 Å². The molecule has 2 aromatic carbocycles. The highest BCUT2D eigenvalue weighted by Crippen LogP contribution is 2.35. The molecule has 32 heavy (non-hydrogen) atoms. The van der Waals surface area contributed by atoms with Crippen LogP contribution in [-0.4, -0.2) is 59.4 Å². The Bertz CT molecular complexity index is 1210. The molecule has 0 amide bonds. The fraction of sp³-hybridized carbons (Fsp3) is 0.333. The lowest BCUT2D eigenvalue weighted by molar-refractivity contribution is 0.0669. The topological polar surface area (TPSA) is 92.9 Å². The molecule has 168 valence electrons. The zero-order valence-corrected chi connectivity index (χ0v) is 18.7. The van der Waals surface area contributed by atoms with Gasteiger partial charge in [0.1, 0.15) is 30.4 Å². The second-order valence-corrected chi connectivity index (χ2v) is 8.00. The number of ether oxygens (including phenoxy) is 2. The molecule has 4 rings (SSSR count). The molecule has 1 atom stereocenters. The Kier molecular flexibility index (Phi) is 6.43. The Balaban J connectivity index is 1.59. The van der Waals surface area contributed by atoms with Crippen LogP contribution in [0.15, 0.2) is 53.4 Å². The third-order valence-corrected chi connectivity index (χ3v) is 5.48. The van der Waals surface area contributed by atoms with Crippen molar-refractivity contribution in [3.63, 3.8) is 0 Å². The van der Waals surface area contributed by atoms with Crippen LogP contribution < -0.4 is 14.8 Å². The maximum atomic E-state index is 10.3. The number of aliphatic hydroxyl groups is 1. The predicted molar refractivity (Wildman–Crippen MR) is 125 cm³/mol. The maximum Gasteiger partial charge on any atom is 0.163 e. The number of likely N-dealkylation sites (N-methyl/N-ethyl adjacent to an activating group) is 1. The van der Waals surface area contributed by atoms with E-state index in [0.717, 1.165) is 22.0 Å². The third kappa shape index (κ3) is 4.61. The highest BCUT2D eigenvalue weighted by Gasteiger charge is 2.16. The van der Waals surface area contributed by atoms with Crippen molar-refractivity contribution in [2.45, 2.75) is 26.0 Å². The number of aromatic nitrogens is 2. The summed E-state index contributed by atoms with van der Waals surface area (Å²) in [7, 11) is 3.56. The smallest absolute Gasteiger partial charge is 0.163 e. The first-order chi connectivity index (χ1) is 15.5. The second-order valence-electron chi connectivity index (χ2n) is 8.00. The van der Waals surface area contributed by atoms with Gasteiger partial charge in [-0.1, -0.05) is 6.07 Å². The molecule has 8 heteroatoms. The van der Waals surface area contributed by atoms with E-state index in [1.54, 1.807) is 19.4 Å². The summed E-state index contributed by atoms with van der Waals surface area (Å²) < 4.78 is 16.9. The van der Waals surface area contributed by atoms with Gasteiger partial charge in [-0.25, -0.2) is 9.97 Å². The number of rotatable bonds is 9. The Morgan fingerprint density at radius 2 is 1.97 bits per heavy atom. The summed E-state index contributed by atoms with van der Waals surface area (Å²) in [6, 6.07) is 11.7. The van der Waals surface area contributed by atoms with Crippen LogP contribution in [0.1, 0.15) is 13.8 Å². The van der Waals surface area contributed by atoms with Gasteiger partial charge in [0.25, 0.3) is 0 Å². The minimum atomic E-state index is -0.624. The van der Waals surface area contributed by atoms with E-state index in [1.165, 1.54) is 6.33 Å². The molecule has 0 saturated heterocycles. The molecule has 2 N–H and O–H groups in total. The number of benzene rings is 2. The fourth-order valence-electron chi connectivity index (χ4n) is 3.45. The van der Waals surface area contributed by atoms with Crippen LogP contribution in [0.5, 0.6) is 11.5 Å². The van der Waals surface area contributed by atoms with Crippen LogP contribution in [0, 0.1) is 0 Å². The van der Waals surface area contributed by atoms with E-state index in [0.29, 0.717) is 35.4 Å². The molecule has 1 unspecified atom stereocenters. The van der Waals surface area contributed by atoms with Crippen LogP contribution in [0.4, 0.5) is 11.5 Å². The molecule has 0 aliphatic carbocycles. The van der Waals surface area contributed by atoms with Crippen molar-refractivity contribution >= 4 is 33.4 Å². The molecule has 2 heterocycles. The van der Waals surface area contributed by atoms with Crippen molar-refractivity contribution < 1.29 is 19.0 Å². The third-order valence-electron chi connectivity index (χ3n) is 5.48. The molecular formula is C24H28N4O4. The van der Waals surface area contributed by atoms with Crippen molar-refractivity contribution in [1.29, 1.82) is 0 Å². The first kappa shape index (κ1) is 21.9. The van der Waals surface area contributed by atoms with Crippen molar-refractivity contribution in [2.24, 2.45) is 0 Å². The number of nitrogens with zero attached hydrogens (tertiary/aromatic N) is 3. The van der Waals surface area contributed by atoms with Crippen LogP contribution >= 0.6 is 0 Å². The molecule has 4 aromatic rings. The zero-order valence-electron chi connectivity index (χ0n) is 18.7. The Hall–Kier alpha value is -3.36. The molecule has 0 aliphatic heterocycles. The summed E-state index contributed by atoms with van der Waals surface area (Å²) in [5.41, 5.74) is 2.38. The fourth-order valence-corrected chi connectivity index (χ4v) is 3.45. The van der Waals surface area contributed by atoms with E-state index < -0.39 is 6.10 Å². The Labute approximate surface area is 186 Å². The maximum absolute atomic E-state index is 10.3. The first-order valence-electron chi connectivity index (χ1n) is 10.5. The zero-order chi connectivity index (χ0) is 22.7. The first-order valence-corrected chi connectivity index (χ1v) is 10.5. The molecule has 2 aromatic heterocycles. The summed E-state index contributed by atoms with van der Waals surface area (Å²) in [4.78, 5) is 10.9. The quantitative estimate of drug-likeness (QED) is 0.403. The lowest BCUT2D eigenvalue weighted by Crippen LogP contribution is -2.36. The lowest BCUT2D eigenvalue weighted by atomic mass is 10.2. The number of aliphatic hydroxyl groups excluding tert-OH is 1. The van der Waals surface area contributed by atoms with Gasteiger partial charge in [-0.05, 0) is 45.2 Å². The van der Waals surface area contributed by atoms with E-state index in [1.807, 2.05) is 37.4 Å². The van der Waals surface area contributed by atoms with Gasteiger partial charge < -0.3 is 29.2 Å². The van der Waals surface area contributed by atoms with Crippen LogP contribution in [-0.2, 0) is 0 Å². The van der Waals surface area contributed by atoms with Crippen molar-refractivity contribution in [1.82, 2.24) is 14.9 Å². The minimum absolute atomic E-state index is 0.150. The van der Waals surface area contributed by atoms with Gasteiger partial charge in [0.15, 0.2) is 11.5 Å². The van der Waals surface area contributed by atoms with Gasteiger partial charge in [0, 0.05) is 29.4 Å². The molecule has 0 bridgehead atoms. The van der Waals surface area contributed by atoms with Crippen LogP contribution in [0.3, 0.4) is 0 Å². The van der Waals surface area contributed by atoms with Gasteiger partial charge in [0.05, 0.1) is 24.6 Å². The molecule has 0 fully saturated rings. The van der Waals surface area contributed by atoms with Crippen molar-refractivity contribution in [3.8, 4) is 11.5 Å². The van der Waals surface area contributed by atoms with E-state index >= 15 is 0 Å². The van der Waals surface area contributed by atoms with Crippen molar-refractivity contribution in [3.05, 3.63) is 49.0 Å². The highest BCUT2D eigenvalue weighted by molar-refractivity contribution is 5.97. The number of hydrogen-bond acceptors (Lipinski definition) is 8. The predicted octanol–water partition coefficient (Wildman–Crippen LogP) is 4.21.